The first kappa shape index (κ1) is 12.9. The Balaban J connectivity index is 1.71. The number of nitrogens with zero attached hydrogens (tertiary/aromatic N) is 2. The summed E-state index contributed by atoms with van der Waals surface area (Å²) >= 11 is 0. The molecule has 1 aromatic rings. The first-order chi connectivity index (χ1) is 9.24. The van der Waals surface area contributed by atoms with E-state index in [0.717, 1.165) is 5.82 Å². The molecular formula is C16H25N3. The van der Waals surface area contributed by atoms with Gasteiger partial charge in [-0.1, -0.05) is 12.5 Å². The van der Waals surface area contributed by atoms with Crippen LogP contribution < -0.4 is 5.32 Å². The topological polar surface area (TPSA) is 28.2 Å². The van der Waals surface area contributed by atoms with E-state index in [0.29, 0.717) is 18.1 Å². The molecule has 2 heterocycles. The molecular weight excluding hydrogens is 234 g/mol. The van der Waals surface area contributed by atoms with Gasteiger partial charge in [-0.25, -0.2) is 4.98 Å². The maximum Gasteiger partial charge on any atom is 0.126 e. The normalized spacial score (nSPS) is 24.7. The van der Waals surface area contributed by atoms with Gasteiger partial charge in [-0.05, 0) is 57.7 Å². The lowest BCUT2D eigenvalue weighted by Gasteiger charge is -2.38. The van der Waals surface area contributed by atoms with E-state index in [9.17, 15) is 0 Å². The molecule has 2 fully saturated rings. The third kappa shape index (κ3) is 3.08. The number of anilines is 1. The molecule has 1 saturated heterocycles. The van der Waals surface area contributed by atoms with Crippen molar-refractivity contribution >= 4 is 5.82 Å². The molecule has 1 N–H and O–H groups in total. The number of hydrogen-bond acceptors (Lipinski definition) is 3. The fourth-order valence-electron chi connectivity index (χ4n) is 3.05. The number of hydrogen-bond donors (Lipinski definition) is 1. The molecule has 3 heteroatoms. The van der Waals surface area contributed by atoms with Crippen LogP contribution >= 0.6 is 0 Å². The van der Waals surface area contributed by atoms with E-state index in [2.05, 4.69) is 47.4 Å². The molecule has 1 aliphatic carbocycles. The van der Waals surface area contributed by atoms with E-state index >= 15 is 0 Å². The zero-order chi connectivity index (χ0) is 13.2. The first-order valence-corrected chi connectivity index (χ1v) is 7.72. The summed E-state index contributed by atoms with van der Waals surface area (Å²) < 4.78 is 0. The van der Waals surface area contributed by atoms with Gasteiger partial charge in [-0.15, -0.1) is 0 Å². The zero-order valence-corrected chi connectivity index (χ0v) is 12.1. The van der Waals surface area contributed by atoms with Crippen molar-refractivity contribution in [3.05, 3.63) is 23.9 Å². The molecule has 1 aliphatic heterocycles. The summed E-state index contributed by atoms with van der Waals surface area (Å²) in [7, 11) is 0. The highest BCUT2D eigenvalue weighted by molar-refractivity contribution is 5.38. The van der Waals surface area contributed by atoms with Crippen molar-refractivity contribution in [2.45, 2.75) is 64.1 Å². The Labute approximate surface area is 116 Å². The molecule has 0 amide bonds. The summed E-state index contributed by atoms with van der Waals surface area (Å²) in [6.45, 7) is 5.83. The number of nitrogens with one attached hydrogen (secondary N) is 1. The van der Waals surface area contributed by atoms with Gasteiger partial charge in [0.1, 0.15) is 5.82 Å². The highest BCUT2D eigenvalue weighted by Gasteiger charge is 2.26. The molecule has 0 aromatic carbocycles. The van der Waals surface area contributed by atoms with Crippen LogP contribution in [0.1, 0.15) is 57.6 Å². The Bertz CT molecular complexity index is 409. The average Bonchev–Trinajstić information content (AvgIpc) is 3.23. The molecule has 3 rings (SSSR count). The van der Waals surface area contributed by atoms with E-state index < -0.39 is 0 Å². The second-order valence-electron chi connectivity index (χ2n) is 6.24. The van der Waals surface area contributed by atoms with Crippen LogP contribution in [0.15, 0.2) is 18.3 Å². The van der Waals surface area contributed by atoms with Crippen LogP contribution in [0.5, 0.6) is 0 Å². The monoisotopic (exact) mass is 259 g/mol. The molecule has 1 atom stereocenters. The van der Waals surface area contributed by atoms with E-state index in [4.69, 9.17) is 0 Å². The van der Waals surface area contributed by atoms with Crippen LogP contribution in [0.4, 0.5) is 5.82 Å². The minimum absolute atomic E-state index is 0.566. The van der Waals surface area contributed by atoms with Crippen molar-refractivity contribution in [2.24, 2.45) is 0 Å². The number of rotatable bonds is 4. The lowest BCUT2D eigenvalue weighted by molar-refractivity contribution is 0.112. The van der Waals surface area contributed by atoms with Gasteiger partial charge in [0.15, 0.2) is 0 Å². The standard InChI is InChI=1S/C16H25N3/c1-12(2)19-10-4-3-5-15(19)13-6-9-16(17-11-13)18-14-7-8-14/h6,9,11-12,14-15H,3-5,7-8,10H2,1-2H3,(H,17,18)/t15-/m1/s1. The second-order valence-corrected chi connectivity index (χ2v) is 6.24. The molecule has 0 bridgehead atoms. The SMILES string of the molecule is CC(C)N1CCCC[C@@H]1c1ccc(NC2CC2)nc1. The minimum atomic E-state index is 0.566. The summed E-state index contributed by atoms with van der Waals surface area (Å²) in [6.07, 6.45) is 8.63. The maximum atomic E-state index is 4.59. The minimum Gasteiger partial charge on any atom is -0.367 e. The van der Waals surface area contributed by atoms with Crippen LogP contribution in [0, 0.1) is 0 Å². The summed E-state index contributed by atoms with van der Waals surface area (Å²) in [6, 6.07) is 6.29. The summed E-state index contributed by atoms with van der Waals surface area (Å²) in [5.41, 5.74) is 1.38. The van der Waals surface area contributed by atoms with E-state index in [1.807, 2.05) is 0 Å². The lowest BCUT2D eigenvalue weighted by atomic mass is 9.95. The lowest BCUT2D eigenvalue weighted by Crippen LogP contribution is -2.38. The molecule has 0 spiro atoms. The third-order valence-electron chi connectivity index (χ3n) is 4.31. The first-order valence-electron chi connectivity index (χ1n) is 7.72. The highest BCUT2D eigenvalue weighted by atomic mass is 15.2. The Morgan fingerprint density at radius 3 is 2.68 bits per heavy atom. The second kappa shape index (κ2) is 5.49. The highest BCUT2D eigenvalue weighted by Crippen LogP contribution is 2.32. The van der Waals surface area contributed by atoms with Gasteiger partial charge in [0, 0.05) is 24.3 Å². The van der Waals surface area contributed by atoms with Gasteiger partial charge >= 0.3 is 0 Å². The molecule has 2 aliphatic rings. The van der Waals surface area contributed by atoms with Crippen molar-refractivity contribution in [3.8, 4) is 0 Å². The number of piperidine rings is 1. The average molecular weight is 259 g/mol. The van der Waals surface area contributed by atoms with Gasteiger partial charge in [0.05, 0.1) is 0 Å². The van der Waals surface area contributed by atoms with Crippen LogP contribution in [-0.4, -0.2) is 28.5 Å². The van der Waals surface area contributed by atoms with E-state index in [1.54, 1.807) is 0 Å². The Morgan fingerprint density at radius 2 is 2.05 bits per heavy atom. The fraction of sp³-hybridized carbons (Fsp3) is 0.688. The van der Waals surface area contributed by atoms with Gasteiger partial charge in [-0.3, -0.25) is 4.90 Å². The van der Waals surface area contributed by atoms with Gasteiger partial charge < -0.3 is 5.32 Å². The molecule has 1 saturated carbocycles. The third-order valence-corrected chi connectivity index (χ3v) is 4.31. The van der Waals surface area contributed by atoms with Crippen molar-refractivity contribution < 1.29 is 0 Å². The van der Waals surface area contributed by atoms with Crippen LogP contribution in [0.3, 0.4) is 0 Å². The molecule has 104 valence electrons. The van der Waals surface area contributed by atoms with E-state index in [1.165, 1.54) is 44.2 Å². The number of pyridine rings is 1. The van der Waals surface area contributed by atoms with Crippen molar-refractivity contribution in [1.82, 2.24) is 9.88 Å². The number of likely N-dealkylation sites (tertiary alicyclic amines) is 1. The predicted octanol–water partition coefficient (Wildman–Crippen LogP) is 3.59. The summed E-state index contributed by atoms with van der Waals surface area (Å²) in [5.74, 6) is 1.04. The van der Waals surface area contributed by atoms with Crippen molar-refractivity contribution in [2.75, 3.05) is 11.9 Å². The van der Waals surface area contributed by atoms with Gasteiger partial charge in [0.2, 0.25) is 0 Å². The summed E-state index contributed by atoms with van der Waals surface area (Å²) in [4.78, 5) is 7.21. The summed E-state index contributed by atoms with van der Waals surface area (Å²) in [5, 5.41) is 3.46. The quantitative estimate of drug-likeness (QED) is 0.895. The van der Waals surface area contributed by atoms with E-state index in [-0.39, 0.29) is 0 Å². The smallest absolute Gasteiger partial charge is 0.126 e. The fourth-order valence-corrected chi connectivity index (χ4v) is 3.05. The molecule has 19 heavy (non-hydrogen) atoms. The molecule has 0 unspecified atom stereocenters. The van der Waals surface area contributed by atoms with Gasteiger partial charge in [0.25, 0.3) is 0 Å². The van der Waals surface area contributed by atoms with Crippen LogP contribution in [0.25, 0.3) is 0 Å². The zero-order valence-electron chi connectivity index (χ0n) is 12.1. The largest absolute Gasteiger partial charge is 0.367 e. The molecule has 0 radical (unpaired) electrons. The van der Waals surface area contributed by atoms with Crippen molar-refractivity contribution in [1.29, 1.82) is 0 Å². The Hall–Kier alpha value is -1.09. The maximum absolute atomic E-state index is 4.59. The molecule has 1 aromatic heterocycles. The predicted molar refractivity (Wildman–Crippen MR) is 79.3 cm³/mol. The van der Waals surface area contributed by atoms with Gasteiger partial charge in [-0.2, -0.15) is 0 Å². The Kier molecular flexibility index (Phi) is 3.74. The van der Waals surface area contributed by atoms with Crippen LogP contribution in [0.2, 0.25) is 0 Å². The van der Waals surface area contributed by atoms with Crippen molar-refractivity contribution in [3.63, 3.8) is 0 Å². The van der Waals surface area contributed by atoms with Crippen LogP contribution in [-0.2, 0) is 0 Å². The Morgan fingerprint density at radius 1 is 1.21 bits per heavy atom. The molecule has 3 nitrogen and oxygen atoms in total. The number of aromatic nitrogens is 1.